The molecular weight excluding hydrogens is 256 g/mol. The molecule has 0 saturated carbocycles. The van der Waals surface area contributed by atoms with Crippen LogP contribution in [-0.4, -0.2) is 47.2 Å². The van der Waals surface area contributed by atoms with Crippen molar-refractivity contribution in [3.63, 3.8) is 0 Å². The summed E-state index contributed by atoms with van der Waals surface area (Å²) < 4.78 is 6.54. The number of aryl methyl sites for hydroxylation is 1. The third kappa shape index (κ3) is 3.96. The molecule has 0 saturated heterocycles. The molecular formula is C14H26N4O2. The van der Waals surface area contributed by atoms with E-state index in [1.807, 2.05) is 11.5 Å². The van der Waals surface area contributed by atoms with Crippen molar-refractivity contribution in [1.82, 2.24) is 14.5 Å². The summed E-state index contributed by atoms with van der Waals surface area (Å²) in [7, 11) is 3.45. The number of carbonyl (C=O) groups excluding carboxylic acids is 1. The Labute approximate surface area is 120 Å². The molecule has 0 aliphatic carbocycles. The molecule has 0 atom stereocenters. The smallest absolute Gasteiger partial charge is 0.360 e. The van der Waals surface area contributed by atoms with E-state index < -0.39 is 5.97 Å². The van der Waals surface area contributed by atoms with Gasteiger partial charge in [-0.1, -0.05) is 0 Å². The highest BCUT2D eigenvalue weighted by molar-refractivity contribution is 5.92. The van der Waals surface area contributed by atoms with Crippen LogP contribution in [0, 0.1) is 6.92 Å². The lowest BCUT2D eigenvalue weighted by Gasteiger charge is -2.20. The molecule has 0 fully saturated rings. The van der Waals surface area contributed by atoms with Gasteiger partial charge in [0.2, 0.25) is 0 Å². The van der Waals surface area contributed by atoms with Gasteiger partial charge in [-0.2, -0.15) is 0 Å². The molecule has 114 valence electrons. The molecule has 2 N–H and O–H groups in total. The third-order valence-corrected chi connectivity index (χ3v) is 3.60. The van der Waals surface area contributed by atoms with E-state index >= 15 is 0 Å². The van der Waals surface area contributed by atoms with Gasteiger partial charge in [-0.25, -0.2) is 9.78 Å². The van der Waals surface area contributed by atoms with Crippen LogP contribution in [0.15, 0.2) is 0 Å². The van der Waals surface area contributed by atoms with Crippen LogP contribution >= 0.6 is 0 Å². The quantitative estimate of drug-likeness (QED) is 0.608. The van der Waals surface area contributed by atoms with E-state index in [4.69, 9.17) is 5.73 Å². The lowest BCUT2D eigenvalue weighted by atomic mass is 10.2. The molecule has 0 unspecified atom stereocenters. The first-order chi connectivity index (χ1) is 9.38. The Balaban J connectivity index is 2.57. The summed E-state index contributed by atoms with van der Waals surface area (Å²) in [6.07, 6.45) is 2.08. The van der Waals surface area contributed by atoms with Crippen LogP contribution in [0.1, 0.15) is 43.0 Å². The van der Waals surface area contributed by atoms with Crippen molar-refractivity contribution in [3.05, 3.63) is 11.5 Å². The Hall–Kier alpha value is -1.56. The van der Waals surface area contributed by atoms with E-state index in [1.165, 1.54) is 7.11 Å². The maximum absolute atomic E-state index is 11.5. The molecule has 1 heterocycles. The van der Waals surface area contributed by atoms with Gasteiger partial charge in [0, 0.05) is 12.6 Å². The van der Waals surface area contributed by atoms with Crippen LogP contribution < -0.4 is 5.73 Å². The monoisotopic (exact) mass is 282 g/mol. The number of esters is 1. The average Bonchev–Trinajstić information content (AvgIpc) is 2.69. The van der Waals surface area contributed by atoms with E-state index in [-0.39, 0.29) is 5.69 Å². The minimum atomic E-state index is -0.483. The second-order valence-corrected chi connectivity index (χ2v) is 5.32. The van der Waals surface area contributed by atoms with Crippen molar-refractivity contribution in [1.29, 1.82) is 0 Å². The average molecular weight is 282 g/mol. The first kappa shape index (κ1) is 16.5. The van der Waals surface area contributed by atoms with Gasteiger partial charge < -0.3 is 19.9 Å². The van der Waals surface area contributed by atoms with Crippen molar-refractivity contribution in [2.24, 2.45) is 0 Å². The number of hydrogen-bond donors (Lipinski definition) is 1. The van der Waals surface area contributed by atoms with Crippen LogP contribution in [0.5, 0.6) is 0 Å². The molecule has 20 heavy (non-hydrogen) atoms. The van der Waals surface area contributed by atoms with Crippen LogP contribution in [0.3, 0.4) is 0 Å². The molecule has 1 aromatic heterocycles. The van der Waals surface area contributed by atoms with Gasteiger partial charge in [0.15, 0.2) is 5.69 Å². The van der Waals surface area contributed by atoms with E-state index in [1.54, 1.807) is 0 Å². The Morgan fingerprint density at radius 1 is 1.45 bits per heavy atom. The van der Waals surface area contributed by atoms with Crippen molar-refractivity contribution in [2.75, 3.05) is 26.4 Å². The highest BCUT2D eigenvalue weighted by Crippen LogP contribution is 2.16. The number of aromatic nitrogens is 2. The molecule has 6 nitrogen and oxygen atoms in total. The molecule has 0 spiro atoms. The largest absolute Gasteiger partial charge is 0.464 e. The fourth-order valence-electron chi connectivity index (χ4n) is 2.00. The van der Waals surface area contributed by atoms with E-state index in [9.17, 15) is 4.79 Å². The van der Waals surface area contributed by atoms with E-state index in [0.717, 1.165) is 31.8 Å². The number of rotatable bonds is 7. The summed E-state index contributed by atoms with van der Waals surface area (Å²) in [6.45, 7) is 8.03. The maximum Gasteiger partial charge on any atom is 0.360 e. The van der Waals surface area contributed by atoms with Crippen molar-refractivity contribution >= 4 is 11.8 Å². The number of imidazole rings is 1. The highest BCUT2D eigenvalue weighted by Gasteiger charge is 2.18. The molecule has 0 aromatic carbocycles. The van der Waals surface area contributed by atoms with Gasteiger partial charge in [-0.05, 0) is 47.2 Å². The second kappa shape index (κ2) is 7.28. The summed E-state index contributed by atoms with van der Waals surface area (Å²) >= 11 is 0. The minimum absolute atomic E-state index is 0.212. The molecule has 1 rings (SSSR count). The first-order valence-corrected chi connectivity index (χ1v) is 6.99. The topological polar surface area (TPSA) is 73.4 Å². The Bertz CT molecular complexity index is 454. The molecule has 0 radical (unpaired) electrons. The summed E-state index contributed by atoms with van der Waals surface area (Å²) in [5, 5.41) is 0. The number of nitrogens with two attached hydrogens (primary N) is 1. The summed E-state index contributed by atoms with van der Waals surface area (Å²) in [6, 6.07) is 0.556. The van der Waals surface area contributed by atoms with Crippen LogP contribution in [0.2, 0.25) is 0 Å². The summed E-state index contributed by atoms with van der Waals surface area (Å²) in [5.41, 5.74) is 6.17. The number of carbonyl (C=O) groups is 1. The standard InChI is InChI=1S/C14H26N4O2/c1-10(2)17(4)8-6-7-9-18-11(3)16-12(13(18)15)14(19)20-5/h10H,6-9,15H2,1-5H3. The summed E-state index contributed by atoms with van der Waals surface area (Å²) in [4.78, 5) is 18.0. The van der Waals surface area contributed by atoms with Gasteiger partial charge in [0.05, 0.1) is 7.11 Å². The normalized spacial score (nSPS) is 11.3. The third-order valence-electron chi connectivity index (χ3n) is 3.60. The minimum Gasteiger partial charge on any atom is -0.464 e. The van der Waals surface area contributed by atoms with Crippen molar-refractivity contribution in [3.8, 4) is 0 Å². The number of methoxy groups -OCH3 is 1. The Kier molecular flexibility index (Phi) is 6.01. The number of hydrogen-bond acceptors (Lipinski definition) is 5. The van der Waals surface area contributed by atoms with Crippen LogP contribution in [-0.2, 0) is 11.3 Å². The lowest BCUT2D eigenvalue weighted by molar-refractivity contribution is 0.0595. The van der Waals surface area contributed by atoms with Gasteiger partial charge >= 0.3 is 5.97 Å². The van der Waals surface area contributed by atoms with Gasteiger partial charge in [-0.15, -0.1) is 0 Å². The zero-order valence-electron chi connectivity index (χ0n) is 13.1. The zero-order valence-corrected chi connectivity index (χ0v) is 13.1. The van der Waals surface area contributed by atoms with E-state index in [0.29, 0.717) is 11.9 Å². The molecule has 0 aliphatic rings. The molecule has 6 heteroatoms. The first-order valence-electron chi connectivity index (χ1n) is 6.99. The lowest BCUT2D eigenvalue weighted by Crippen LogP contribution is -2.27. The fraction of sp³-hybridized carbons (Fsp3) is 0.714. The maximum atomic E-state index is 11.5. The molecule has 0 amide bonds. The van der Waals surface area contributed by atoms with Crippen LogP contribution in [0.4, 0.5) is 5.82 Å². The predicted molar refractivity (Wildman–Crippen MR) is 79.7 cm³/mol. The molecule has 0 bridgehead atoms. The predicted octanol–water partition coefficient (Wildman–Crippen LogP) is 1.68. The fourth-order valence-corrected chi connectivity index (χ4v) is 2.00. The number of nitrogen functional groups attached to an aromatic ring is 1. The number of ether oxygens (including phenoxy) is 1. The Morgan fingerprint density at radius 3 is 2.65 bits per heavy atom. The van der Waals surface area contributed by atoms with Gasteiger partial charge in [-0.3, -0.25) is 0 Å². The van der Waals surface area contributed by atoms with E-state index in [2.05, 4.69) is 35.5 Å². The van der Waals surface area contributed by atoms with Crippen LogP contribution in [0.25, 0.3) is 0 Å². The van der Waals surface area contributed by atoms with Crippen molar-refractivity contribution in [2.45, 2.75) is 46.2 Å². The van der Waals surface area contributed by atoms with Crippen molar-refractivity contribution < 1.29 is 9.53 Å². The Morgan fingerprint density at radius 2 is 2.10 bits per heavy atom. The zero-order chi connectivity index (χ0) is 15.3. The van der Waals surface area contributed by atoms with Gasteiger partial charge in [0.25, 0.3) is 0 Å². The second-order valence-electron chi connectivity index (χ2n) is 5.32. The number of unbranched alkanes of at least 4 members (excludes halogenated alkanes) is 1. The number of nitrogens with zero attached hydrogens (tertiary/aromatic N) is 3. The molecule has 0 aliphatic heterocycles. The molecule has 1 aromatic rings. The SMILES string of the molecule is COC(=O)c1nc(C)n(CCCCN(C)C(C)C)c1N. The summed E-state index contributed by atoms with van der Waals surface area (Å²) in [5.74, 6) is 0.663. The van der Waals surface area contributed by atoms with Gasteiger partial charge in [0.1, 0.15) is 11.6 Å². The number of anilines is 1. The highest BCUT2D eigenvalue weighted by atomic mass is 16.5.